The number of nitrogens with one attached hydrogen (secondary N) is 3. The second-order valence-corrected chi connectivity index (χ2v) is 14.5. The predicted octanol–water partition coefficient (Wildman–Crippen LogP) is -0.586. The van der Waals surface area contributed by atoms with Crippen molar-refractivity contribution in [1.82, 2.24) is 13.9 Å². The molecule has 0 spiro atoms. The molecule has 0 aliphatic carbocycles. The van der Waals surface area contributed by atoms with Gasteiger partial charge in [-0.2, -0.15) is 0 Å². The third kappa shape index (κ3) is 2.95. The average molecular weight is 268 g/mol. The monoisotopic (exact) mass is 267 g/mol. The van der Waals surface area contributed by atoms with Gasteiger partial charge in [-0.3, -0.25) is 13.9 Å². The molecule has 3 N–H and O–H groups in total. The van der Waals surface area contributed by atoms with Crippen LogP contribution in [0.5, 0.6) is 0 Å². The smallest absolute Gasteiger partial charge is 0.340 e. The van der Waals surface area contributed by atoms with Crippen LogP contribution in [0.3, 0.4) is 0 Å². The Morgan fingerprint density at radius 3 is 0.933 bits per heavy atom. The second-order valence-electron chi connectivity index (χ2n) is 4.09. The van der Waals surface area contributed by atoms with Gasteiger partial charge in [0.15, 0.2) is 0 Å². The van der Waals surface area contributed by atoms with E-state index < -0.39 is 25.9 Å². The van der Waals surface area contributed by atoms with Crippen molar-refractivity contribution in [3.05, 3.63) is 0 Å². The Morgan fingerprint density at radius 2 is 0.800 bits per heavy atom. The predicted molar refractivity (Wildman–Crippen MR) is 65.3 cm³/mol. The molecule has 0 saturated carbocycles. The minimum Gasteiger partial charge on any atom is -0.396 e. The van der Waals surface area contributed by atoms with Crippen LogP contribution < -0.4 is 13.9 Å². The summed E-state index contributed by atoms with van der Waals surface area (Å²) in [6, 6.07) is 0. The lowest BCUT2D eigenvalue weighted by molar-refractivity contribution is 0.324. The maximum absolute atomic E-state index is 5.56. The Morgan fingerprint density at radius 1 is 0.600 bits per heavy atom. The fourth-order valence-electron chi connectivity index (χ4n) is 1.77. The van der Waals surface area contributed by atoms with Gasteiger partial charge in [-0.05, 0) is 19.6 Å². The van der Waals surface area contributed by atoms with Gasteiger partial charge in [-0.15, -0.1) is 0 Å². The van der Waals surface area contributed by atoms with E-state index in [4.69, 9.17) is 13.3 Å². The van der Waals surface area contributed by atoms with Crippen molar-refractivity contribution in [3.63, 3.8) is 0 Å². The molecule has 0 bridgehead atoms. The molecule has 1 saturated heterocycles. The SMILES string of the molecule is CO[Si]1(C)N[Si](C)(OC)N[Si](C)(OC)N1. The van der Waals surface area contributed by atoms with E-state index in [1.165, 1.54) is 0 Å². The molecule has 6 nitrogen and oxygen atoms in total. The van der Waals surface area contributed by atoms with Crippen LogP contribution in [-0.2, 0) is 13.3 Å². The molecule has 0 aromatic rings. The van der Waals surface area contributed by atoms with Gasteiger partial charge in [0.2, 0.25) is 0 Å². The highest BCUT2D eigenvalue weighted by molar-refractivity contribution is 7.00. The quantitative estimate of drug-likeness (QED) is 0.595. The molecule has 0 radical (unpaired) electrons. The van der Waals surface area contributed by atoms with Gasteiger partial charge < -0.3 is 13.3 Å². The van der Waals surface area contributed by atoms with Crippen LogP contribution in [0, 0.1) is 0 Å². The van der Waals surface area contributed by atoms with Crippen molar-refractivity contribution in [2.45, 2.75) is 19.6 Å². The lowest BCUT2D eigenvalue weighted by Crippen LogP contribution is -2.91. The normalized spacial score (nSPS) is 46.8. The van der Waals surface area contributed by atoms with Gasteiger partial charge in [0.25, 0.3) is 0 Å². The third-order valence-corrected chi connectivity index (χ3v) is 16.6. The van der Waals surface area contributed by atoms with E-state index in [1.807, 2.05) is 0 Å². The summed E-state index contributed by atoms with van der Waals surface area (Å²) < 4.78 is 27.1. The Balaban J connectivity index is 2.92. The van der Waals surface area contributed by atoms with Crippen LogP contribution in [0.2, 0.25) is 19.6 Å². The standard InChI is InChI=1S/C6H21N3O3Si3/c1-10-13(4)7-14(5,11-2)9-15(6,8-13)12-3/h7-9H,1-6H3. The van der Waals surface area contributed by atoms with Crippen molar-refractivity contribution in [1.29, 1.82) is 0 Å². The fourth-order valence-corrected chi connectivity index (χ4v) is 17.6. The van der Waals surface area contributed by atoms with Crippen molar-refractivity contribution < 1.29 is 13.3 Å². The van der Waals surface area contributed by atoms with Gasteiger partial charge in [-0.1, -0.05) is 0 Å². The van der Waals surface area contributed by atoms with Crippen LogP contribution in [0.4, 0.5) is 0 Å². The Kier molecular flexibility index (Phi) is 3.91. The van der Waals surface area contributed by atoms with Crippen LogP contribution in [-0.4, -0.2) is 47.3 Å². The molecule has 1 aliphatic rings. The minimum absolute atomic E-state index is 1.71. The number of hydrogen-bond acceptors (Lipinski definition) is 6. The lowest BCUT2D eigenvalue weighted by Gasteiger charge is -2.48. The zero-order chi connectivity index (χ0) is 11.7. The lowest BCUT2D eigenvalue weighted by atomic mass is 11.8. The van der Waals surface area contributed by atoms with E-state index in [9.17, 15) is 0 Å². The molecule has 0 amide bonds. The molecule has 15 heavy (non-hydrogen) atoms. The summed E-state index contributed by atoms with van der Waals surface area (Å²) in [6.07, 6.45) is 0. The van der Waals surface area contributed by atoms with Crippen molar-refractivity contribution in [2.24, 2.45) is 0 Å². The molecular weight excluding hydrogens is 246 g/mol. The third-order valence-electron chi connectivity index (χ3n) is 2.66. The van der Waals surface area contributed by atoms with Gasteiger partial charge in [0.05, 0.1) is 0 Å². The molecule has 0 atom stereocenters. The minimum atomic E-state index is -2.11. The summed E-state index contributed by atoms with van der Waals surface area (Å²) in [5.41, 5.74) is 0. The van der Waals surface area contributed by atoms with E-state index in [1.54, 1.807) is 21.3 Å². The summed E-state index contributed by atoms with van der Waals surface area (Å²) in [5.74, 6) is 0. The first-order valence-electron chi connectivity index (χ1n) is 4.84. The van der Waals surface area contributed by atoms with Gasteiger partial charge in [-0.25, -0.2) is 0 Å². The first-order chi connectivity index (χ1) is 6.80. The van der Waals surface area contributed by atoms with Gasteiger partial charge >= 0.3 is 25.9 Å². The highest BCUT2D eigenvalue weighted by Crippen LogP contribution is 2.13. The van der Waals surface area contributed by atoms with Gasteiger partial charge in [0, 0.05) is 21.3 Å². The maximum atomic E-state index is 5.56. The highest BCUT2D eigenvalue weighted by Gasteiger charge is 2.55. The van der Waals surface area contributed by atoms with Crippen LogP contribution in [0.25, 0.3) is 0 Å². The zero-order valence-electron chi connectivity index (χ0n) is 10.2. The summed E-state index contributed by atoms with van der Waals surface area (Å²) in [7, 11) is -1.19. The molecule has 0 unspecified atom stereocenters. The fraction of sp³-hybridized carbons (Fsp3) is 1.00. The van der Waals surface area contributed by atoms with Crippen molar-refractivity contribution in [3.8, 4) is 0 Å². The molecule has 90 valence electrons. The molecule has 1 aliphatic heterocycles. The average Bonchev–Trinajstić information content (AvgIpc) is 2.16. The molecule has 0 aromatic carbocycles. The summed E-state index contributed by atoms with van der Waals surface area (Å²) in [4.78, 5) is 0. The Labute approximate surface area is 94.5 Å². The van der Waals surface area contributed by atoms with Crippen LogP contribution in [0.15, 0.2) is 0 Å². The van der Waals surface area contributed by atoms with E-state index >= 15 is 0 Å². The largest absolute Gasteiger partial charge is 0.396 e. The number of rotatable bonds is 3. The summed E-state index contributed by atoms with van der Waals surface area (Å²) >= 11 is 0. The topological polar surface area (TPSA) is 63.8 Å². The second kappa shape index (κ2) is 4.35. The van der Waals surface area contributed by atoms with E-state index in [2.05, 4.69) is 33.6 Å². The maximum Gasteiger partial charge on any atom is 0.340 e. The molecular formula is C6H21N3O3Si3. The zero-order valence-corrected chi connectivity index (χ0v) is 13.2. The van der Waals surface area contributed by atoms with Gasteiger partial charge in [0.1, 0.15) is 0 Å². The highest BCUT2D eigenvalue weighted by atomic mass is 28.5. The van der Waals surface area contributed by atoms with Crippen molar-refractivity contribution in [2.75, 3.05) is 21.3 Å². The Hall–Kier alpha value is 0.411. The summed E-state index contributed by atoms with van der Waals surface area (Å²) in [5, 5.41) is 0. The molecule has 1 heterocycles. The first kappa shape index (κ1) is 13.5. The van der Waals surface area contributed by atoms with E-state index in [-0.39, 0.29) is 0 Å². The number of hydrogen-bond donors (Lipinski definition) is 3. The molecule has 1 fully saturated rings. The van der Waals surface area contributed by atoms with E-state index in [0.717, 1.165) is 0 Å². The molecule has 0 aromatic heterocycles. The van der Waals surface area contributed by atoms with Crippen molar-refractivity contribution >= 4 is 25.9 Å². The van der Waals surface area contributed by atoms with Crippen LogP contribution >= 0.6 is 0 Å². The van der Waals surface area contributed by atoms with E-state index in [0.29, 0.717) is 0 Å². The first-order valence-corrected chi connectivity index (χ1v) is 12.1. The molecule has 9 heteroatoms. The summed E-state index contributed by atoms with van der Waals surface area (Å²) in [6.45, 7) is 6.22. The Bertz CT molecular complexity index is 199. The van der Waals surface area contributed by atoms with Crippen LogP contribution in [0.1, 0.15) is 0 Å². The molecule has 1 rings (SSSR count).